The summed E-state index contributed by atoms with van der Waals surface area (Å²) < 4.78 is 1.86. The molecule has 0 saturated heterocycles. The molecule has 124 valence electrons. The first kappa shape index (κ1) is 16.2. The Balaban J connectivity index is 1.98. The Morgan fingerprint density at radius 2 is 2.00 bits per heavy atom. The van der Waals surface area contributed by atoms with Gasteiger partial charge in [0.25, 0.3) is 5.91 Å². The lowest BCUT2D eigenvalue weighted by Crippen LogP contribution is -2.27. The van der Waals surface area contributed by atoms with Crippen molar-refractivity contribution in [2.75, 3.05) is 13.6 Å². The summed E-state index contributed by atoms with van der Waals surface area (Å²) in [5, 5.41) is 0. The van der Waals surface area contributed by atoms with Crippen molar-refractivity contribution in [2.24, 2.45) is 0 Å². The monoisotopic (exact) mass is 322 g/mol. The van der Waals surface area contributed by atoms with Gasteiger partial charge in [0.2, 0.25) is 0 Å². The maximum absolute atomic E-state index is 12.5. The number of fused-ring (bicyclic) bond motifs is 1. The van der Waals surface area contributed by atoms with Crippen molar-refractivity contribution in [1.82, 2.24) is 19.3 Å². The Hall–Kier alpha value is -2.69. The Morgan fingerprint density at radius 1 is 1.25 bits per heavy atom. The molecule has 0 atom stereocenters. The first-order valence-electron chi connectivity index (χ1n) is 8.26. The van der Waals surface area contributed by atoms with Crippen LogP contribution in [-0.2, 0) is 0 Å². The molecule has 1 amide bonds. The van der Waals surface area contributed by atoms with Gasteiger partial charge in [0.1, 0.15) is 11.4 Å². The lowest BCUT2D eigenvalue weighted by Gasteiger charge is -2.14. The van der Waals surface area contributed by atoms with Gasteiger partial charge >= 0.3 is 0 Å². The summed E-state index contributed by atoms with van der Waals surface area (Å²) in [5.74, 6) is -0.0537. The highest BCUT2D eigenvalue weighted by molar-refractivity contribution is 5.93. The third-order valence-electron chi connectivity index (χ3n) is 4.11. The molecule has 0 aliphatic carbocycles. The second-order valence-electron chi connectivity index (χ2n) is 6.08. The van der Waals surface area contributed by atoms with Gasteiger partial charge in [-0.2, -0.15) is 0 Å². The predicted octanol–water partition coefficient (Wildman–Crippen LogP) is 3.58. The smallest absolute Gasteiger partial charge is 0.273 e. The zero-order valence-corrected chi connectivity index (χ0v) is 14.4. The number of aromatic nitrogens is 3. The third kappa shape index (κ3) is 3.15. The standard InChI is InChI=1S/C19H22N4O/c1-4-5-11-22(3)19(24)16-13-23-12-10-20-17(18(23)21-16)15-8-6-14(2)7-9-15/h6-10,12-13H,4-5,11H2,1-3H3. The molecule has 3 aromatic rings. The molecule has 0 aliphatic rings. The van der Waals surface area contributed by atoms with Crippen LogP contribution in [0.4, 0.5) is 0 Å². The zero-order valence-electron chi connectivity index (χ0n) is 14.4. The number of rotatable bonds is 5. The predicted molar refractivity (Wildman–Crippen MR) is 95.0 cm³/mol. The topological polar surface area (TPSA) is 50.5 Å². The van der Waals surface area contributed by atoms with Crippen LogP contribution in [-0.4, -0.2) is 38.8 Å². The molecule has 3 rings (SSSR count). The Bertz CT molecular complexity index is 851. The number of amides is 1. The van der Waals surface area contributed by atoms with Crippen LogP contribution >= 0.6 is 0 Å². The Morgan fingerprint density at radius 3 is 2.71 bits per heavy atom. The molecular formula is C19H22N4O. The largest absolute Gasteiger partial charge is 0.340 e. The SMILES string of the molecule is CCCCN(C)C(=O)c1cn2ccnc(-c3ccc(C)cc3)c2n1. The second-order valence-corrected chi connectivity index (χ2v) is 6.08. The maximum Gasteiger partial charge on any atom is 0.273 e. The molecule has 0 N–H and O–H groups in total. The van der Waals surface area contributed by atoms with E-state index in [-0.39, 0.29) is 5.91 Å². The second kappa shape index (κ2) is 6.83. The van der Waals surface area contributed by atoms with Crippen LogP contribution < -0.4 is 0 Å². The molecule has 0 saturated carbocycles. The Kier molecular flexibility index (Phi) is 4.60. The average Bonchev–Trinajstić information content (AvgIpc) is 3.04. The number of carbonyl (C=O) groups is 1. The van der Waals surface area contributed by atoms with E-state index >= 15 is 0 Å². The molecule has 0 spiro atoms. The Labute approximate surface area is 142 Å². The summed E-state index contributed by atoms with van der Waals surface area (Å²) >= 11 is 0. The fraction of sp³-hybridized carbons (Fsp3) is 0.316. The highest BCUT2D eigenvalue weighted by Gasteiger charge is 2.17. The minimum absolute atomic E-state index is 0.0537. The minimum atomic E-state index is -0.0537. The molecule has 0 aliphatic heterocycles. The van der Waals surface area contributed by atoms with Crippen LogP contribution in [0, 0.1) is 6.92 Å². The van der Waals surface area contributed by atoms with E-state index in [2.05, 4.69) is 23.8 Å². The molecule has 5 heteroatoms. The van der Waals surface area contributed by atoms with Gasteiger partial charge < -0.3 is 9.30 Å². The van der Waals surface area contributed by atoms with Crippen molar-refractivity contribution in [3.05, 3.63) is 54.1 Å². The van der Waals surface area contributed by atoms with Crippen molar-refractivity contribution in [3.63, 3.8) is 0 Å². The van der Waals surface area contributed by atoms with E-state index in [0.29, 0.717) is 11.3 Å². The van der Waals surface area contributed by atoms with Crippen LogP contribution in [0.3, 0.4) is 0 Å². The van der Waals surface area contributed by atoms with Crippen molar-refractivity contribution in [3.8, 4) is 11.3 Å². The van der Waals surface area contributed by atoms with E-state index in [1.807, 2.05) is 41.9 Å². The van der Waals surface area contributed by atoms with Crippen molar-refractivity contribution >= 4 is 11.6 Å². The maximum atomic E-state index is 12.5. The minimum Gasteiger partial charge on any atom is -0.340 e. The van der Waals surface area contributed by atoms with Crippen LogP contribution in [0.2, 0.25) is 0 Å². The van der Waals surface area contributed by atoms with E-state index < -0.39 is 0 Å². The first-order valence-corrected chi connectivity index (χ1v) is 8.26. The van der Waals surface area contributed by atoms with Gasteiger partial charge in [0, 0.05) is 37.7 Å². The number of hydrogen-bond acceptors (Lipinski definition) is 3. The van der Waals surface area contributed by atoms with Crippen LogP contribution in [0.1, 0.15) is 35.8 Å². The van der Waals surface area contributed by atoms with Gasteiger partial charge in [-0.1, -0.05) is 43.2 Å². The number of hydrogen-bond donors (Lipinski definition) is 0. The molecule has 24 heavy (non-hydrogen) atoms. The molecule has 0 unspecified atom stereocenters. The fourth-order valence-corrected chi connectivity index (χ4v) is 2.63. The quantitative estimate of drug-likeness (QED) is 0.721. The summed E-state index contributed by atoms with van der Waals surface area (Å²) in [6.07, 6.45) is 7.39. The lowest BCUT2D eigenvalue weighted by molar-refractivity contribution is 0.0788. The van der Waals surface area contributed by atoms with Crippen molar-refractivity contribution < 1.29 is 4.79 Å². The number of imidazole rings is 1. The summed E-state index contributed by atoms with van der Waals surface area (Å²) in [4.78, 5) is 23.3. The van der Waals surface area contributed by atoms with Gasteiger partial charge in [0.15, 0.2) is 5.65 Å². The number of nitrogens with zero attached hydrogens (tertiary/aromatic N) is 4. The van der Waals surface area contributed by atoms with Crippen molar-refractivity contribution in [1.29, 1.82) is 0 Å². The summed E-state index contributed by atoms with van der Waals surface area (Å²) in [6, 6.07) is 8.16. The van der Waals surface area contributed by atoms with E-state index in [4.69, 9.17) is 0 Å². The zero-order chi connectivity index (χ0) is 17.1. The van der Waals surface area contributed by atoms with Crippen LogP contribution in [0.25, 0.3) is 16.9 Å². The van der Waals surface area contributed by atoms with Gasteiger partial charge in [-0.3, -0.25) is 9.78 Å². The van der Waals surface area contributed by atoms with E-state index in [9.17, 15) is 4.79 Å². The third-order valence-corrected chi connectivity index (χ3v) is 4.11. The molecular weight excluding hydrogens is 300 g/mol. The van der Waals surface area contributed by atoms with Gasteiger partial charge in [-0.05, 0) is 13.3 Å². The van der Waals surface area contributed by atoms with Gasteiger partial charge in [0.05, 0.1) is 0 Å². The molecule has 5 nitrogen and oxygen atoms in total. The van der Waals surface area contributed by atoms with Gasteiger partial charge in [-0.15, -0.1) is 0 Å². The molecule has 2 heterocycles. The number of aryl methyl sites for hydroxylation is 1. The van der Waals surface area contributed by atoms with Crippen LogP contribution in [0.15, 0.2) is 42.9 Å². The molecule has 2 aromatic heterocycles. The molecule has 0 fully saturated rings. The number of unbranched alkanes of at least 4 members (excludes halogenated alkanes) is 1. The number of carbonyl (C=O) groups excluding carboxylic acids is 1. The van der Waals surface area contributed by atoms with Crippen LogP contribution in [0.5, 0.6) is 0 Å². The summed E-state index contributed by atoms with van der Waals surface area (Å²) in [6.45, 7) is 4.91. The summed E-state index contributed by atoms with van der Waals surface area (Å²) in [5.41, 5.74) is 4.13. The molecule has 0 bridgehead atoms. The highest BCUT2D eigenvalue weighted by Crippen LogP contribution is 2.22. The van der Waals surface area contributed by atoms with E-state index in [0.717, 1.165) is 30.6 Å². The van der Waals surface area contributed by atoms with Gasteiger partial charge in [-0.25, -0.2) is 4.98 Å². The fourth-order valence-electron chi connectivity index (χ4n) is 2.63. The average molecular weight is 322 g/mol. The van der Waals surface area contributed by atoms with Crippen molar-refractivity contribution in [2.45, 2.75) is 26.7 Å². The first-order chi connectivity index (χ1) is 11.6. The molecule has 1 aromatic carbocycles. The lowest BCUT2D eigenvalue weighted by atomic mass is 10.1. The molecule has 0 radical (unpaired) electrons. The summed E-state index contributed by atoms with van der Waals surface area (Å²) in [7, 11) is 1.82. The number of benzene rings is 1. The normalized spacial score (nSPS) is 11.0. The van der Waals surface area contributed by atoms with E-state index in [1.165, 1.54) is 5.56 Å². The highest BCUT2D eigenvalue weighted by atomic mass is 16.2. The van der Waals surface area contributed by atoms with E-state index in [1.54, 1.807) is 17.3 Å².